The Morgan fingerprint density at radius 3 is 1.53 bits per heavy atom. The minimum atomic E-state index is -2.13. The van der Waals surface area contributed by atoms with Crippen LogP contribution in [0.1, 0.15) is 191 Å². The van der Waals surface area contributed by atoms with E-state index in [-0.39, 0.29) is 48.8 Å². The molecular formula is C54H76N6O4. The van der Waals surface area contributed by atoms with Crippen LogP contribution in [0.2, 0.25) is 0 Å². The molecule has 2 saturated carbocycles. The Labute approximate surface area is 383 Å². The first-order valence-electron chi connectivity index (χ1n) is 24.6. The number of hydrogen-bond donors (Lipinski definition) is 1. The number of aryl methyl sites for hydroxylation is 1. The van der Waals surface area contributed by atoms with Crippen LogP contribution in [-0.4, -0.2) is 75.0 Å². The van der Waals surface area contributed by atoms with E-state index in [1.807, 2.05) is 45.9 Å². The van der Waals surface area contributed by atoms with E-state index in [0.29, 0.717) is 6.54 Å². The van der Waals surface area contributed by atoms with Crippen molar-refractivity contribution in [3.8, 4) is 0 Å². The van der Waals surface area contributed by atoms with Gasteiger partial charge in [-0.05, 0) is 103 Å². The summed E-state index contributed by atoms with van der Waals surface area (Å²) in [6.45, 7) is 22.2. The highest BCUT2D eigenvalue weighted by Gasteiger charge is 2.67. The maximum atomic E-state index is 17.7. The zero-order valence-electron chi connectivity index (χ0n) is 40.6. The third-order valence-corrected chi connectivity index (χ3v) is 15.1. The Morgan fingerprint density at radius 1 is 0.656 bits per heavy atom. The van der Waals surface area contributed by atoms with Gasteiger partial charge in [0.05, 0.1) is 28.9 Å². The Balaban J connectivity index is 1.63. The van der Waals surface area contributed by atoms with Gasteiger partial charge in [-0.15, -0.1) is 0 Å². The van der Waals surface area contributed by atoms with Crippen LogP contribution in [0.4, 0.5) is 26.7 Å². The van der Waals surface area contributed by atoms with Gasteiger partial charge in [-0.1, -0.05) is 149 Å². The molecule has 4 aliphatic rings. The largest absolute Gasteiger partial charge is 0.370 e. The van der Waals surface area contributed by atoms with Crippen LogP contribution in [0.15, 0.2) is 60.7 Å². The molecule has 10 nitrogen and oxygen atoms in total. The number of carbonyl (C=O) groups excluding carboxylic acids is 4. The van der Waals surface area contributed by atoms with Crippen molar-refractivity contribution < 1.29 is 19.2 Å². The smallest absolute Gasteiger partial charge is 0.327 e. The minimum Gasteiger partial charge on any atom is -0.370 e. The van der Waals surface area contributed by atoms with E-state index < -0.39 is 35.0 Å². The first kappa shape index (κ1) is 47.1. The molecule has 6 amide bonds. The fourth-order valence-electron chi connectivity index (χ4n) is 12.0. The van der Waals surface area contributed by atoms with Gasteiger partial charge < -0.3 is 10.6 Å². The lowest BCUT2D eigenvalue weighted by atomic mass is 9.79. The van der Waals surface area contributed by atoms with Gasteiger partial charge in [0.15, 0.2) is 0 Å². The molecule has 4 fully saturated rings. The van der Waals surface area contributed by atoms with Crippen LogP contribution in [0.5, 0.6) is 0 Å². The maximum absolute atomic E-state index is 17.7. The number of para-hydroxylation sites is 2. The topological polar surface area (TPSA) is 110 Å². The molecular weight excluding hydrogens is 797 g/mol. The second-order valence-electron chi connectivity index (χ2n) is 20.9. The summed E-state index contributed by atoms with van der Waals surface area (Å²) >= 11 is 0. The van der Waals surface area contributed by atoms with Crippen molar-refractivity contribution in [3.63, 3.8) is 0 Å². The van der Waals surface area contributed by atoms with Gasteiger partial charge in [-0.2, -0.15) is 0 Å². The molecule has 0 aromatic heterocycles. The molecule has 64 heavy (non-hydrogen) atoms. The van der Waals surface area contributed by atoms with E-state index in [1.54, 1.807) is 9.80 Å². The zero-order valence-corrected chi connectivity index (χ0v) is 40.6. The summed E-state index contributed by atoms with van der Waals surface area (Å²) < 4.78 is 0. The fraction of sp³-hybridized carbons (Fsp3) is 0.593. The third-order valence-electron chi connectivity index (χ3n) is 15.1. The van der Waals surface area contributed by atoms with Crippen molar-refractivity contribution in [2.45, 2.75) is 187 Å². The number of rotatable bonds is 14. The normalized spacial score (nSPS) is 19.6. The molecule has 346 valence electrons. The van der Waals surface area contributed by atoms with E-state index in [1.165, 1.54) is 0 Å². The lowest BCUT2D eigenvalue weighted by Gasteiger charge is -2.49. The van der Waals surface area contributed by atoms with Crippen molar-refractivity contribution in [1.82, 2.24) is 14.7 Å². The minimum absolute atomic E-state index is 0.00189. The second-order valence-corrected chi connectivity index (χ2v) is 20.9. The van der Waals surface area contributed by atoms with E-state index in [0.717, 1.165) is 116 Å². The molecule has 2 saturated heterocycles. The quantitative estimate of drug-likeness (QED) is 0.174. The Kier molecular flexibility index (Phi) is 13.7. The third kappa shape index (κ3) is 8.10. The number of nitrogens with zero attached hydrogens (tertiary/aromatic N) is 5. The summed E-state index contributed by atoms with van der Waals surface area (Å²) in [4.78, 5) is 73.3. The van der Waals surface area contributed by atoms with Crippen molar-refractivity contribution in [3.05, 3.63) is 88.5 Å². The molecule has 2 N–H and O–H groups in total. The van der Waals surface area contributed by atoms with E-state index in [4.69, 9.17) is 5.73 Å². The molecule has 2 heterocycles. The van der Waals surface area contributed by atoms with Gasteiger partial charge in [-0.25, -0.2) is 9.59 Å². The first-order valence-corrected chi connectivity index (χ1v) is 24.6. The molecule has 10 heteroatoms. The lowest BCUT2D eigenvalue weighted by Crippen LogP contribution is -2.71. The predicted molar refractivity (Wildman–Crippen MR) is 259 cm³/mol. The maximum Gasteiger partial charge on any atom is 0.327 e. The van der Waals surface area contributed by atoms with Gasteiger partial charge in [-0.3, -0.25) is 29.2 Å². The van der Waals surface area contributed by atoms with Crippen molar-refractivity contribution in [2.75, 3.05) is 29.4 Å². The molecule has 7 rings (SSSR count). The average Bonchev–Trinajstić information content (AvgIpc) is 3.68. The summed E-state index contributed by atoms with van der Waals surface area (Å²) in [6, 6.07) is 19.9. The molecule has 2 spiro atoms. The van der Waals surface area contributed by atoms with Crippen LogP contribution in [0.25, 0.3) is 0 Å². The first-order chi connectivity index (χ1) is 30.4. The van der Waals surface area contributed by atoms with E-state index in [2.05, 4.69) is 98.7 Å². The summed E-state index contributed by atoms with van der Waals surface area (Å²) in [5, 5.41) is 0. The number of anilines is 3. The molecule has 0 bridgehead atoms. The Hall–Kier alpha value is -4.86. The summed E-state index contributed by atoms with van der Waals surface area (Å²) in [7, 11) is 0. The van der Waals surface area contributed by atoms with Crippen LogP contribution in [0.3, 0.4) is 0 Å². The molecule has 2 aliphatic heterocycles. The van der Waals surface area contributed by atoms with Gasteiger partial charge in [0.2, 0.25) is 11.6 Å². The van der Waals surface area contributed by atoms with Crippen molar-refractivity contribution >= 4 is 40.9 Å². The van der Waals surface area contributed by atoms with Gasteiger partial charge in [0, 0.05) is 25.3 Å². The Bertz CT molecular complexity index is 2100. The number of nitrogens with two attached hydrogens (primary N) is 1. The monoisotopic (exact) mass is 873 g/mol. The number of benzene rings is 3. The Morgan fingerprint density at radius 2 is 1.09 bits per heavy atom. The fourth-order valence-corrected chi connectivity index (χ4v) is 12.0. The number of urea groups is 2. The average molecular weight is 873 g/mol. The molecule has 2 aliphatic carbocycles. The van der Waals surface area contributed by atoms with Crippen LogP contribution >= 0.6 is 0 Å². The van der Waals surface area contributed by atoms with Crippen molar-refractivity contribution in [1.29, 1.82) is 0 Å². The lowest BCUT2D eigenvalue weighted by molar-refractivity contribution is -0.143. The van der Waals surface area contributed by atoms with Crippen LogP contribution in [0, 0.1) is 6.92 Å². The van der Waals surface area contributed by atoms with E-state index >= 15 is 14.4 Å². The van der Waals surface area contributed by atoms with Gasteiger partial charge >= 0.3 is 12.1 Å². The second kappa shape index (κ2) is 18.6. The molecule has 3 aromatic carbocycles. The predicted octanol–water partition coefficient (Wildman–Crippen LogP) is 12.2. The highest BCUT2D eigenvalue weighted by Crippen LogP contribution is 2.52. The number of primary amides is 1. The number of amides is 6. The van der Waals surface area contributed by atoms with Gasteiger partial charge in [0.25, 0.3) is 5.91 Å². The molecule has 1 unspecified atom stereocenters. The van der Waals surface area contributed by atoms with E-state index in [9.17, 15) is 4.79 Å². The SMILES string of the molecule is CCCN1C(=O)N(C(CC(N)=O)(C(=O)N(c2c(C(C)C)cccc2C(C)C)c2c(C(C)C)cccc2C(C)C)N2CC3(CCCCC3)N(c3cccc(C)c3)C2=O)CC12CCCCC2. The summed E-state index contributed by atoms with van der Waals surface area (Å²) in [5.74, 6) is -1.24. The summed E-state index contributed by atoms with van der Waals surface area (Å²) in [6.07, 6.45) is 9.08. The number of carbonyl (C=O) groups is 4. The zero-order chi connectivity index (χ0) is 46.3. The summed E-state index contributed by atoms with van der Waals surface area (Å²) in [5.41, 5.74) is 10.3. The number of hydrogen-bond acceptors (Lipinski definition) is 4. The van der Waals surface area contributed by atoms with Crippen LogP contribution in [-0.2, 0) is 9.59 Å². The standard InChI is InChI=1S/C54H76N6O4/c1-11-31-56-50(63)57(34-52(56)27-14-12-15-28-52)54(33-46(55)61,58-35-53(29-16-13-17-30-53)60(51(58)64)41-22-18-21-40(10)32-41)49(62)59(47-42(36(2)3)23-19-24-43(47)37(4)5)48-44(38(6)7)25-20-26-45(48)39(8)9/h18-26,32,36-39H,11-17,27-31,33-35H2,1-10H3,(H2,55,61). The van der Waals surface area contributed by atoms with Crippen molar-refractivity contribution in [2.24, 2.45) is 5.73 Å². The van der Waals surface area contributed by atoms with Crippen LogP contribution < -0.4 is 15.5 Å². The van der Waals surface area contributed by atoms with Gasteiger partial charge in [0.1, 0.15) is 0 Å². The highest BCUT2D eigenvalue weighted by molar-refractivity contribution is 6.13. The highest BCUT2D eigenvalue weighted by atomic mass is 16.2. The molecule has 0 radical (unpaired) electrons. The molecule has 3 aromatic rings. The molecule has 1 atom stereocenters.